The lowest BCUT2D eigenvalue weighted by molar-refractivity contribution is -0.132. The van der Waals surface area contributed by atoms with Crippen LogP contribution >= 0.6 is 11.3 Å². The molecule has 0 aliphatic carbocycles. The molecule has 25 heavy (non-hydrogen) atoms. The van der Waals surface area contributed by atoms with Crippen LogP contribution in [-0.4, -0.2) is 38.4 Å². The summed E-state index contributed by atoms with van der Waals surface area (Å²) in [5.74, 6) is 1.79. The van der Waals surface area contributed by atoms with Crippen LogP contribution < -0.4 is 0 Å². The Morgan fingerprint density at radius 2 is 2.28 bits per heavy atom. The van der Waals surface area contributed by atoms with Crippen LogP contribution in [0, 0.1) is 6.92 Å². The van der Waals surface area contributed by atoms with E-state index in [4.69, 9.17) is 0 Å². The van der Waals surface area contributed by atoms with E-state index >= 15 is 0 Å². The Balaban J connectivity index is 1.58. The average molecular weight is 361 g/mol. The zero-order valence-electron chi connectivity index (χ0n) is 15.3. The van der Waals surface area contributed by atoms with Crippen molar-refractivity contribution in [3.63, 3.8) is 0 Å². The fourth-order valence-corrected chi connectivity index (χ4v) is 4.34. The molecule has 0 bridgehead atoms. The maximum absolute atomic E-state index is 12.7. The van der Waals surface area contributed by atoms with Gasteiger partial charge in [0.2, 0.25) is 5.91 Å². The van der Waals surface area contributed by atoms with Crippen LogP contribution in [0.2, 0.25) is 0 Å². The van der Waals surface area contributed by atoms with Gasteiger partial charge in [0, 0.05) is 49.2 Å². The summed E-state index contributed by atoms with van der Waals surface area (Å²) < 4.78 is 2.28. The standard InChI is InChI=1S/C19H28N4OS/c1-3-4-10-22-12-9-20-19(22)16-6-5-11-23(13-16)18(24)8-7-17-15(2)21-14-25-17/h9,12,14,16H,3-8,10-11,13H2,1-2H3. The highest BCUT2D eigenvalue weighted by atomic mass is 32.1. The summed E-state index contributed by atoms with van der Waals surface area (Å²) in [5.41, 5.74) is 2.93. The number of hydrogen-bond acceptors (Lipinski definition) is 4. The van der Waals surface area contributed by atoms with Crippen molar-refractivity contribution in [2.24, 2.45) is 0 Å². The van der Waals surface area contributed by atoms with Crippen LogP contribution in [0.25, 0.3) is 0 Å². The zero-order valence-corrected chi connectivity index (χ0v) is 16.1. The number of aryl methyl sites for hydroxylation is 3. The van der Waals surface area contributed by atoms with Gasteiger partial charge in [0.25, 0.3) is 0 Å². The Bertz CT molecular complexity index is 693. The number of hydrogen-bond donors (Lipinski definition) is 0. The van der Waals surface area contributed by atoms with Gasteiger partial charge in [-0.2, -0.15) is 0 Å². The molecular weight excluding hydrogens is 332 g/mol. The molecule has 5 nitrogen and oxygen atoms in total. The van der Waals surface area contributed by atoms with Crippen molar-refractivity contribution in [3.8, 4) is 0 Å². The Labute approximate surface area is 154 Å². The number of unbranched alkanes of at least 4 members (excludes halogenated alkanes) is 1. The molecule has 0 spiro atoms. The fourth-order valence-electron chi connectivity index (χ4n) is 3.56. The van der Waals surface area contributed by atoms with Gasteiger partial charge >= 0.3 is 0 Å². The Morgan fingerprint density at radius 1 is 1.40 bits per heavy atom. The molecule has 1 unspecified atom stereocenters. The monoisotopic (exact) mass is 360 g/mol. The van der Waals surface area contributed by atoms with Crippen molar-refractivity contribution in [3.05, 3.63) is 34.3 Å². The Kier molecular flexibility index (Phi) is 6.24. The smallest absolute Gasteiger partial charge is 0.222 e. The summed E-state index contributed by atoms with van der Waals surface area (Å²) in [4.78, 5) is 24.8. The third-order valence-electron chi connectivity index (χ3n) is 5.05. The maximum atomic E-state index is 12.7. The molecule has 1 atom stereocenters. The molecule has 2 aromatic heterocycles. The number of aromatic nitrogens is 3. The predicted octanol–water partition coefficient (Wildman–Crippen LogP) is 3.79. The summed E-state index contributed by atoms with van der Waals surface area (Å²) in [6.45, 7) is 6.95. The number of carbonyl (C=O) groups is 1. The number of carbonyl (C=O) groups excluding carboxylic acids is 1. The lowest BCUT2D eigenvalue weighted by Crippen LogP contribution is -2.39. The lowest BCUT2D eigenvalue weighted by atomic mass is 9.96. The van der Waals surface area contributed by atoms with E-state index in [0.717, 1.165) is 50.4 Å². The normalized spacial score (nSPS) is 17.8. The number of rotatable bonds is 7. The first kappa shape index (κ1) is 18.1. The second-order valence-corrected chi connectivity index (χ2v) is 7.81. The van der Waals surface area contributed by atoms with Crippen molar-refractivity contribution >= 4 is 17.2 Å². The van der Waals surface area contributed by atoms with Gasteiger partial charge in [0.1, 0.15) is 5.82 Å². The Hall–Kier alpha value is -1.69. The molecule has 6 heteroatoms. The Morgan fingerprint density at radius 3 is 3.04 bits per heavy atom. The molecular formula is C19H28N4OS. The van der Waals surface area contributed by atoms with Gasteiger partial charge in [-0.15, -0.1) is 11.3 Å². The zero-order chi connectivity index (χ0) is 17.6. The third-order valence-corrected chi connectivity index (χ3v) is 6.05. The summed E-state index contributed by atoms with van der Waals surface area (Å²) >= 11 is 1.65. The molecule has 0 saturated carbocycles. The molecule has 2 aromatic rings. The molecule has 136 valence electrons. The van der Waals surface area contributed by atoms with Crippen molar-refractivity contribution in [1.82, 2.24) is 19.4 Å². The molecule has 3 heterocycles. The van der Waals surface area contributed by atoms with Crippen LogP contribution in [0.3, 0.4) is 0 Å². The first-order valence-corrected chi connectivity index (χ1v) is 10.2. The quantitative estimate of drug-likeness (QED) is 0.755. The predicted molar refractivity (Wildman–Crippen MR) is 101 cm³/mol. The summed E-state index contributed by atoms with van der Waals surface area (Å²) in [5, 5.41) is 0. The summed E-state index contributed by atoms with van der Waals surface area (Å²) in [6.07, 6.45) is 9.92. The van der Waals surface area contributed by atoms with Crippen LogP contribution in [0.1, 0.15) is 61.3 Å². The van der Waals surface area contributed by atoms with Gasteiger partial charge in [-0.3, -0.25) is 4.79 Å². The topological polar surface area (TPSA) is 51.0 Å². The van der Waals surface area contributed by atoms with Crippen molar-refractivity contribution in [1.29, 1.82) is 0 Å². The molecule has 1 aliphatic rings. The van der Waals surface area contributed by atoms with Crippen LogP contribution in [0.4, 0.5) is 0 Å². The summed E-state index contributed by atoms with van der Waals surface area (Å²) in [6, 6.07) is 0. The van der Waals surface area contributed by atoms with Gasteiger partial charge < -0.3 is 9.47 Å². The molecule has 1 aliphatic heterocycles. The van der Waals surface area contributed by atoms with Gasteiger partial charge in [0.15, 0.2) is 0 Å². The minimum absolute atomic E-state index is 0.268. The van der Waals surface area contributed by atoms with Gasteiger partial charge in [0.05, 0.1) is 11.2 Å². The first-order chi connectivity index (χ1) is 12.2. The number of imidazole rings is 1. The van der Waals surface area contributed by atoms with Crippen molar-refractivity contribution < 1.29 is 4.79 Å². The van der Waals surface area contributed by atoms with E-state index in [2.05, 4.69) is 27.7 Å². The van der Waals surface area contributed by atoms with E-state index in [-0.39, 0.29) is 5.91 Å². The third kappa shape index (κ3) is 4.48. The largest absolute Gasteiger partial charge is 0.342 e. The highest BCUT2D eigenvalue weighted by Crippen LogP contribution is 2.27. The maximum Gasteiger partial charge on any atom is 0.222 e. The number of thiazole rings is 1. The van der Waals surface area contributed by atoms with E-state index in [1.54, 1.807) is 11.3 Å². The highest BCUT2D eigenvalue weighted by Gasteiger charge is 2.27. The van der Waals surface area contributed by atoms with Crippen LogP contribution in [0.5, 0.6) is 0 Å². The number of amides is 1. The minimum atomic E-state index is 0.268. The number of nitrogens with zero attached hydrogens (tertiary/aromatic N) is 4. The molecule has 1 saturated heterocycles. The van der Waals surface area contributed by atoms with E-state index in [9.17, 15) is 4.79 Å². The van der Waals surface area contributed by atoms with Gasteiger partial charge in [-0.05, 0) is 32.6 Å². The van der Waals surface area contributed by atoms with Gasteiger partial charge in [-0.25, -0.2) is 9.97 Å². The first-order valence-electron chi connectivity index (χ1n) is 9.36. The average Bonchev–Trinajstić information content (AvgIpc) is 3.26. The van der Waals surface area contributed by atoms with Crippen LogP contribution in [-0.2, 0) is 17.8 Å². The van der Waals surface area contributed by atoms with Crippen LogP contribution in [0.15, 0.2) is 17.9 Å². The molecule has 1 fully saturated rings. The van der Waals surface area contributed by atoms with E-state index < -0.39 is 0 Å². The molecule has 3 rings (SSSR count). The number of likely N-dealkylation sites (tertiary alicyclic amines) is 1. The second kappa shape index (κ2) is 8.61. The number of piperidine rings is 1. The summed E-state index contributed by atoms with van der Waals surface area (Å²) in [7, 11) is 0. The molecule has 0 radical (unpaired) electrons. The molecule has 0 aromatic carbocycles. The minimum Gasteiger partial charge on any atom is -0.342 e. The van der Waals surface area contributed by atoms with Crippen molar-refractivity contribution in [2.75, 3.05) is 13.1 Å². The van der Waals surface area contributed by atoms with Gasteiger partial charge in [-0.1, -0.05) is 13.3 Å². The van der Waals surface area contributed by atoms with E-state index in [0.29, 0.717) is 12.3 Å². The highest BCUT2D eigenvalue weighted by molar-refractivity contribution is 7.09. The molecule has 0 N–H and O–H groups in total. The lowest BCUT2D eigenvalue weighted by Gasteiger charge is -2.33. The van der Waals surface area contributed by atoms with Crippen molar-refractivity contribution in [2.45, 2.75) is 64.8 Å². The molecule has 1 amide bonds. The van der Waals surface area contributed by atoms with E-state index in [1.165, 1.54) is 17.7 Å². The van der Waals surface area contributed by atoms with E-state index in [1.807, 2.05) is 23.5 Å². The SMILES string of the molecule is CCCCn1ccnc1C1CCCN(C(=O)CCc2scnc2C)C1. The fraction of sp³-hybridized carbons (Fsp3) is 0.632. The second-order valence-electron chi connectivity index (χ2n) is 6.87.